The van der Waals surface area contributed by atoms with Gasteiger partial charge >= 0.3 is 0 Å². The molecule has 1 N–H and O–H groups in total. The Hall–Kier alpha value is -0.880. The van der Waals surface area contributed by atoms with Crippen molar-refractivity contribution in [3.05, 3.63) is 10.7 Å². The fourth-order valence-corrected chi connectivity index (χ4v) is 2.58. The first-order chi connectivity index (χ1) is 8.70. The summed E-state index contributed by atoms with van der Waals surface area (Å²) < 4.78 is 6.65. The van der Waals surface area contributed by atoms with Gasteiger partial charge < -0.3 is 15.0 Å². The third-order valence-electron chi connectivity index (χ3n) is 3.06. The highest BCUT2D eigenvalue weighted by Crippen LogP contribution is 2.24. The summed E-state index contributed by atoms with van der Waals surface area (Å²) in [6.45, 7) is 1.74. The van der Waals surface area contributed by atoms with Crippen molar-refractivity contribution in [2.75, 3.05) is 37.5 Å². The maximum atomic E-state index is 5.75. The van der Waals surface area contributed by atoms with Crippen LogP contribution < -0.4 is 10.2 Å². The van der Waals surface area contributed by atoms with Crippen molar-refractivity contribution in [3.63, 3.8) is 0 Å². The van der Waals surface area contributed by atoms with Crippen molar-refractivity contribution in [3.8, 4) is 0 Å². The van der Waals surface area contributed by atoms with Crippen LogP contribution in [0, 0.1) is 0 Å². The molecule has 1 saturated heterocycles. The second-order valence-electron chi connectivity index (χ2n) is 4.48. The number of anilines is 2. The first-order valence-electron chi connectivity index (χ1n) is 6.23. The smallest absolute Gasteiger partial charge is 0.224 e. The van der Waals surface area contributed by atoms with E-state index in [-0.39, 0.29) is 0 Å². The first kappa shape index (κ1) is 13.5. The summed E-state index contributed by atoms with van der Waals surface area (Å²) >= 11 is 3.49. The number of hydrogen-bond acceptors (Lipinski definition) is 5. The number of ether oxygens (including phenoxy) is 1. The van der Waals surface area contributed by atoms with E-state index in [4.69, 9.17) is 4.74 Å². The molecule has 1 aromatic heterocycles. The molecule has 100 valence electrons. The van der Waals surface area contributed by atoms with E-state index >= 15 is 0 Å². The molecule has 6 heteroatoms. The monoisotopic (exact) mass is 314 g/mol. The second-order valence-corrected chi connectivity index (χ2v) is 5.34. The van der Waals surface area contributed by atoms with Gasteiger partial charge in [-0.05, 0) is 35.2 Å². The lowest BCUT2D eigenvalue weighted by atomic mass is 10.1. The van der Waals surface area contributed by atoms with Crippen LogP contribution in [-0.4, -0.2) is 43.3 Å². The molecule has 1 aliphatic rings. The van der Waals surface area contributed by atoms with Gasteiger partial charge in [0.15, 0.2) is 0 Å². The molecule has 1 unspecified atom stereocenters. The fraction of sp³-hybridized carbons (Fsp3) is 0.667. The molecule has 18 heavy (non-hydrogen) atoms. The molecular weight excluding hydrogens is 296 g/mol. The maximum Gasteiger partial charge on any atom is 0.224 e. The Morgan fingerprint density at radius 3 is 3.06 bits per heavy atom. The van der Waals surface area contributed by atoms with Crippen LogP contribution in [0.25, 0.3) is 0 Å². The normalized spacial score (nSPS) is 19.6. The molecule has 0 spiro atoms. The molecule has 2 rings (SSSR count). The van der Waals surface area contributed by atoms with Crippen LogP contribution in [0.3, 0.4) is 0 Å². The Kier molecular flexibility index (Phi) is 4.77. The third-order valence-corrected chi connectivity index (χ3v) is 3.62. The molecule has 0 amide bonds. The summed E-state index contributed by atoms with van der Waals surface area (Å²) in [6, 6.07) is 0. The Morgan fingerprint density at radius 2 is 2.39 bits per heavy atom. The largest absolute Gasteiger partial charge is 0.376 e. The number of nitrogens with one attached hydrogen (secondary N) is 1. The lowest BCUT2D eigenvalue weighted by molar-refractivity contribution is 0.0215. The van der Waals surface area contributed by atoms with Crippen LogP contribution in [0.2, 0.25) is 0 Å². The van der Waals surface area contributed by atoms with Gasteiger partial charge in [0.05, 0.1) is 10.6 Å². The van der Waals surface area contributed by atoms with Gasteiger partial charge in [-0.25, -0.2) is 4.98 Å². The highest BCUT2D eigenvalue weighted by molar-refractivity contribution is 9.10. The molecule has 0 radical (unpaired) electrons. The summed E-state index contributed by atoms with van der Waals surface area (Å²) in [5.74, 6) is 1.52. The number of rotatable bonds is 4. The fourth-order valence-electron chi connectivity index (χ4n) is 2.09. The zero-order chi connectivity index (χ0) is 13.0. The lowest BCUT2D eigenvalue weighted by Gasteiger charge is -2.28. The Morgan fingerprint density at radius 1 is 1.56 bits per heavy atom. The Balaban J connectivity index is 2.04. The van der Waals surface area contributed by atoms with E-state index in [0.717, 1.165) is 29.9 Å². The number of hydrogen-bond donors (Lipinski definition) is 1. The molecule has 2 heterocycles. The van der Waals surface area contributed by atoms with Gasteiger partial charge in [0.1, 0.15) is 5.82 Å². The van der Waals surface area contributed by atoms with E-state index in [1.54, 1.807) is 6.20 Å². The standard InChI is InChI=1S/C12H19BrN4O/c1-14-12-15-7-10(13)11(16-12)17(2)8-9-5-3-4-6-18-9/h7,9H,3-6,8H2,1-2H3,(H,14,15,16). The van der Waals surface area contributed by atoms with Crippen molar-refractivity contribution < 1.29 is 4.74 Å². The molecule has 1 fully saturated rings. The SMILES string of the molecule is CNc1ncc(Br)c(N(C)CC2CCCCO2)n1. The van der Waals surface area contributed by atoms with Gasteiger partial charge in [-0.15, -0.1) is 0 Å². The second kappa shape index (κ2) is 6.33. The zero-order valence-electron chi connectivity index (χ0n) is 10.8. The highest BCUT2D eigenvalue weighted by atomic mass is 79.9. The van der Waals surface area contributed by atoms with Crippen molar-refractivity contribution in [1.29, 1.82) is 0 Å². The minimum atomic E-state index is 0.309. The predicted molar refractivity (Wildman–Crippen MR) is 76.1 cm³/mol. The summed E-state index contributed by atoms with van der Waals surface area (Å²) in [7, 11) is 3.85. The molecule has 0 bridgehead atoms. The molecule has 1 atom stereocenters. The molecule has 0 aliphatic carbocycles. The van der Waals surface area contributed by atoms with Crippen LogP contribution >= 0.6 is 15.9 Å². The number of likely N-dealkylation sites (N-methyl/N-ethyl adjacent to an activating group) is 1. The Bertz CT molecular complexity index is 396. The zero-order valence-corrected chi connectivity index (χ0v) is 12.4. The third kappa shape index (κ3) is 3.32. The topological polar surface area (TPSA) is 50.3 Å². The van der Waals surface area contributed by atoms with E-state index in [1.165, 1.54) is 12.8 Å². The van der Waals surface area contributed by atoms with Crippen molar-refractivity contribution in [2.45, 2.75) is 25.4 Å². The Labute approximate surface area is 116 Å². The van der Waals surface area contributed by atoms with Gasteiger partial charge in [-0.3, -0.25) is 0 Å². The van der Waals surface area contributed by atoms with Crippen LogP contribution in [0.5, 0.6) is 0 Å². The average molecular weight is 315 g/mol. The molecule has 1 aliphatic heterocycles. The number of nitrogens with zero attached hydrogens (tertiary/aromatic N) is 3. The van der Waals surface area contributed by atoms with Gasteiger partial charge in [-0.2, -0.15) is 4.98 Å². The number of halogens is 1. The summed E-state index contributed by atoms with van der Waals surface area (Å²) in [4.78, 5) is 10.7. The predicted octanol–water partition coefficient (Wildman–Crippen LogP) is 2.29. The van der Waals surface area contributed by atoms with Gasteiger partial charge in [0.25, 0.3) is 0 Å². The van der Waals surface area contributed by atoms with Crippen LogP contribution in [0.4, 0.5) is 11.8 Å². The number of aromatic nitrogens is 2. The summed E-state index contributed by atoms with van der Waals surface area (Å²) in [6.07, 6.45) is 5.65. The van der Waals surface area contributed by atoms with Crippen LogP contribution in [0.1, 0.15) is 19.3 Å². The van der Waals surface area contributed by atoms with Crippen LogP contribution in [0.15, 0.2) is 10.7 Å². The molecular formula is C12H19BrN4O. The van der Waals surface area contributed by atoms with E-state index in [0.29, 0.717) is 12.1 Å². The average Bonchev–Trinajstić information content (AvgIpc) is 2.40. The highest BCUT2D eigenvalue weighted by Gasteiger charge is 2.18. The van der Waals surface area contributed by atoms with E-state index < -0.39 is 0 Å². The van der Waals surface area contributed by atoms with Crippen molar-refractivity contribution in [1.82, 2.24) is 9.97 Å². The molecule has 1 aromatic rings. The lowest BCUT2D eigenvalue weighted by Crippen LogP contribution is -2.34. The molecule has 0 aromatic carbocycles. The quantitative estimate of drug-likeness (QED) is 0.924. The van der Waals surface area contributed by atoms with Gasteiger partial charge in [0, 0.05) is 33.4 Å². The van der Waals surface area contributed by atoms with Gasteiger partial charge in [-0.1, -0.05) is 0 Å². The van der Waals surface area contributed by atoms with Crippen molar-refractivity contribution >= 4 is 27.7 Å². The first-order valence-corrected chi connectivity index (χ1v) is 7.03. The summed E-state index contributed by atoms with van der Waals surface area (Å²) in [5, 5.41) is 2.95. The van der Waals surface area contributed by atoms with E-state index in [2.05, 4.69) is 36.1 Å². The van der Waals surface area contributed by atoms with Gasteiger partial charge in [0.2, 0.25) is 5.95 Å². The molecule has 0 saturated carbocycles. The summed E-state index contributed by atoms with van der Waals surface area (Å²) in [5.41, 5.74) is 0. The minimum Gasteiger partial charge on any atom is -0.376 e. The minimum absolute atomic E-state index is 0.309. The maximum absolute atomic E-state index is 5.75. The van der Waals surface area contributed by atoms with Crippen molar-refractivity contribution in [2.24, 2.45) is 0 Å². The van der Waals surface area contributed by atoms with E-state index in [1.807, 2.05) is 14.1 Å². The van der Waals surface area contributed by atoms with Crippen LogP contribution in [-0.2, 0) is 4.74 Å². The molecule has 5 nitrogen and oxygen atoms in total. The van der Waals surface area contributed by atoms with E-state index in [9.17, 15) is 0 Å².